The number of aliphatic carboxylic acids is 1. The Bertz CT molecular complexity index is 717. The number of aliphatic imine (C=N–C) groups is 1. The molecule has 114 valence electrons. The summed E-state index contributed by atoms with van der Waals surface area (Å²) in [4.78, 5) is 20.0. The number of nitrogens with zero attached hydrogens (tertiary/aromatic N) is 2. The first kappa shape index (κ1) is 14.7. The van der Waals surface area contributed by atoms with Gasteiger partial charge in [0, 0.05) is 0 Å². The summed E-state index contributed by atoms with van der Waals surface area (Å²) >= 11 is 1.09. The molecule has 22 heavy (non-hydrogen) atoms. The third-order valence-electron chi connectivity index (χ3n) is 3.39. The van der Waals surface area contributed by atoms with Crippen LogP contribution in [-0.4, -0.2) is 32.8 Å². The van der Waals surface area contributed by atoms with Crippen LogP contribution in [0.1, 0.15) is 16.6 Å². The van der Waals surface area contributed by atoms with E-state index in [0.717, 1.165) is 11.8 Å². The number of aliphatic hydroxyl groups is 1. The minimum Gasteiger partial charge on any atom is -0.479 e. The van der Waals surface area contributed by atoms with Crippen LogP contribution in [-0.2, 0) is 10.3 Å². The van der Waals surface area contributed by atoms with E-state index in [1.165, 1.54) is 36.9 Å². The van der Waals surface area contributed by atoms with Gasteiger partial charge in [0.25, 0.3) is 0 Å². The predicted octanol–water partition coefficient (Wildman–Crippen LogP) is 1.97. The van der Waals surface area contributed by atoms with Crippen molar-refractivity contribution >= 4 is 22.8 Å². The molecule has 0 amide bonds. The number of halogens is 1. The molecule has 6 nitrogen and oxygen atoms in total. The molecule has 0 bridgehead atoms. The lowest BCUT2D eigenvalue weighted by Gasteiger charge is -2.27. The lowest BCUT2D eigenvalue weighted by atomic mass is 9.86. The van der Waals surface area contributed by atoms with Gasteiger partial charge in [-0.2, -0.15) is 0 Å². The van der Waals surface area contributed by atoms with Crippen molar-refractivity contribution in [2.45, 2.75) is 10.8 Å². The maximum absolute atomic E-state index is 13.2. The van der Waals surface area contributed by atoms with Gasteiger partial charge in [-0.1, -0.05) is 23.9 Å². The SMILES string of the molecule is O=C(O)C1(c2ccc(F)cc2)N=C(CO)SC1c1cnco1. The van der Waals surface area contributed by atoms with Gasteiger partial charge < -0.3 is 14.6 Å². The fourth-order valence-corrected chi connectivity index (χ4v) is 3.63. The number of hydrogen-bond acceptors (Lipinski definition) is 6. The standard InChI is InChI=1S/C14H11FN2O4S/c15-9-3-1-8(2-4-9)14(13(19)20)12(10-5-16-7-21-10)22-11(6-18)17-14/h1-5,7,12,18H,6H2,(H,19,20). The van der Waals surface area contributed by atoms with Gasteiger partial charge in [0.1, 0.15) is 16.8 Å². The summed E-state index contributed by atoms with van der Waals surface area (Å²) in [6, 6.07) is 5.09. The van der Waals surface area contributed by atoms with Crippen LogP contribution in [0.3, 0.4) is 0 Å². The Hall–Kier alpha value is -2.19. The van der Waals surface area contributed by atoms with E-state index in [4.69, 9.17) is 4.42 Å². The summed E-state index contributed by atoms with van der Waals surface area (Å²) in [6.07, 6.45) is 2.61. The van der Waals surface area contributed by atoms with Gasteiger partial charge in [-0.25, -0.2) is 14.2 Å². The molecule has 2 unspecified atom stereocenters. The summed E-state index contributed by atoms with van der Waals surface area (Å²) in [5, 5.41) is 18.7. The largest absolute Gasteiger partial charge is 0.479 e. The molecule has 0 spiro atoms. The lowest BCUT2D eigenvalue weighted by molar-refractivity contribution is -0.143. The van der Waals surface area contributed by atoms with Gasteiger partial charge in [-0.05, 0) is 17.7 Å². The van der Waals surface area contributed by atoms with Crippen LogP contribution in [0.25, 0.3) is 0 Å². The number of carbonyl (C=O) groups is 1. The summed E-state index contributed by atoms with van der Waals surface area (Å²) < 4.78 is 18.4. The van der Waals surface area contributed by atoms with Crippen molar-refractivity contribution in [3.63, 3.8) is 0 Å². The highest BCUT2D eigenvalue weighted by Crippen LogP contribution is 2.53. The molecule has 0 fully saturated rings. The lowest BCUT2D eigenvalue weighted by Crippen LogP contribution is -2.36. The Morgan fingerprint density at radius 1 is 1.41 bits per heavy atom. The maximum Gasteiger partial charge on any atom is 0.337 e. The Morgan fingerprint density at radius 2 is 2.14 bits per heavy atom. The molecule has 8 heteroatoms. The Morgan fingerprint density at radius 3 is 2.68 bits per heavy atom. The molecule has 0 aliphatic carbocycles. The molecule has 0 saturated heterocycles. The van der Waals surface area contributed by atoms with E-state index in [1.807, 2.05) is 0 Å². The highest BCUT2D eigenvalue weighted by Gasteiger charge is 2.54. The van der Waals surface area contributed by atoms with Crippen LogP contribution in [0.4, 0.5) is 4.39 Å². The molecule has 2 N–H and O–H groups in total. The van der Waals surface area contributed by atoms with Crippen LogP contribution in [0.5, 0.6) is 0 Å². The second-order valence-electron chi connectivity index (χ2n) is 4.64. The van der Waals surface area contributed by atoms with Gasteiger partial charge in [0.2, 0.25) is 5.54 Å². The van der Waals surface area contributed by atoms with E-state index in [9.17, 15) is 19.4 Å². The normalized spacial score (nSPS) is 24.3. The third kappa shape index (κ3) is 2.20. The third-order valence-corrected chi connectivity index (χ3v) is 4.69. The molecule has 2 aromatic rings. The molecular formula is C14H11FN2O4S. The highest BCUT2D eigenvalue weighted by molar-refractivity contribution is 8.14. The van der Waals surface area contributed by atoms with E-state index < -0.39 is 22.6 Å². The van der Waals surface area contributed by atoms with Crippen molar-refractivity contribution in [3.8, 4) is 0 Å². The molecule has 1 aliphatic rings. The number of rotatable bonds is 4. The number of aliphatic hydroxyl groups excluding tert-OH is 1. The van der Waals surface area contributed by atoms with Gasteiger partial charge in [0.05, 0.1) is 17.8 Å². The zero-order valence-electron chi connectivity index (χ0n) is 11.1. The molecule has 2 atom stereocenters. The predicted molar refractivity (Wildman–Crippen MR) is 77.1 cm³/mol. The van der Waals surface area contributed by atoms with Crippen molar-refractivity contribution in [2.24, 2.45) is 4.99 Å². The fourth-order valence-electron chi connectivity index (χ4n) is 2.40. The van der Waals surface area contributed by atoms with E-state index in [2.05, 4.69) is 9.98 Å². The maximum atomic E-state index is 13.2. The topological polar surface area (TPSA) is 95.9 Å². The second-order valence-corrected chi connectivity index (χ2v) is 5.82. The zero-order chi connectivity index (χ0) is 15.7. The number of carboxylic acid groups (broad SMARTS) is 1. The van der Waals surface area contributed by atoms with Crippen molar-refractivity contribution in [2.75, 3.05) is 6.61 Å². The molecule has 1 aromatic carbocycles. The summed E-state index contributed by atoms with van der Waals surface area (Å²) in [5.41, 5.74) is -1.39. The molecule has 2 heterocycles. The number of hydrogen-bond donors (Lipinski definition) is 2. The summed E-state index contributed by atoms with van der Waals surface area (Å²) in [5.74, 6) is -1.36. The number of benzene rings is 1. The molecule has 0 radical (unpaired) electrons. The first-order valence-corrected chi connectivity index (χ1v) is 7.20. The summed E-state index contributed by atoms with van der Waals surface area (Å²) in [6.45, 7) is -0.383. The highest BCUT2D eigenvalue weighted by atomic mass is 32.2. The molecule has 3 rings (SSSR count). The number of oxazole rings is 1. The number of carboxylic acids is 1. The summed E-state index contributed by atoms with van der Waals surface area (Å²) in [7, 11) is 0. The van der Waals surface area contributed by atoms with Crippen molar-refractivity contribution < 1.29 is 23.8 Å². The van der Waals surface area contributed by atoms with Crippen molar-refractivity contribution in [3.05, 3.63) is 54.0 Å². The quantitative estimate of drug-likeness (QED) is 0.893. The fraction of sp³-hybridized carbons (Fsp3) is 0.214. The molecule has 0 saturated carbocycles. The second kappa shape index (κ2) is 5.54. The Kier molecular flexibility index (Phi) is 3.71. The smallest absolute Gasteiger partial charge is 0.337 e. The molecule has 1 aromatic heterocycles. The van der Waals surface area contributed by atoms with Crippen LogP contribution in [0.2, 0.25) is 0 Å². The van der Waals surface area contributed by atoms with E-state index in [1.54, 1.807) is 0 Å². The van der Waals surface area contributed by atoms with Crippen LogP contribution >= 0.6 is 11.8 Å². The molecular weight excluding hydrogens is 311 g/mol. The van der Waals surface area contributed by atoms with Gasteiger partial charge in [-0.15, -0.1) is 0 Å². The monoisotopic (exact) mass is 322 g/mol. The van der Waals surface area contributed by atoms with Crippen molar-refractivity contribution in [1.82, 2.24) is 4.98 Å². The Balaban J connectivity index is 2.19. The van der Waals surface area contributed by atoms with Crippen LogP contribution in [0.15, 0.2) is 46.3 Å². The zero-order valence-corrected chi connectivity index (χ0v) is 12.0. The van der Waals surface area contributed by atoms with Crippen molar-refractivity contribution in [1.29, 1.82) is 0 Å². The minimum atomic E-state index is -1.70. The first-order valence-electron chi connectivity index (χ1n) is 6.32. The van der Waals surface area contributed by atoms with Crippen LogP contribution < -0.4 is 0 Å². The number of thioether (sulfide) groups is 1. The van der Waals surface area contributed by atoms with Gasteiger partial charge in [-0.3, -0.25) is 4.99 Å². The minimum absolute atomic E-state index is 0.271. The van der Waals surface area contributed by atoms with E-state index in [-0.39, 0.29) is 11.7 Å². The van der Waals surface area contributed by atoms with E-state index in [0.29, 0.717) is 11.3 Å². The van der Waals surface area contributed by atoms with E-state index >= 15 is 0 Å². The first-order chi connectivity index (χ1) is 10.6. The van der Waals surface area contributed by atoms with Gasteiger partial charge in [0.15, 0.2) is 6.39 Å². The average molecular weight is 322 g/mol. The molecule has 1 aliphatic heterocycles. The van der Waals surface area contributed by atoms with Gasteiger partial charge >= 0.3 is 5.97 Å². The van der Waals surface area contributed by atoms with Crippen LogP contribution in [0, 0.1) is 5.82 Å². The number of aromatic nitrogens is 1. The average Bonchev–Trinajstić information content (AvgIpc) is 3.15. The Labute approximate surface area is 128 Å².